The molecule has 9 rings (SSSR count). The summed E-state index contributed by atoms with van der Waals surface area (Å²) < 4.78 is 0. The van der Waals surface area contributed by atoms with Crippen LogP contribution in [0.4, 0.5) is 22.7 Å². The second kappa shape index (κ2) is 9.78. The number of benzene rings is 4. The highest BCUT2D eigenvalue weighted by Crippen LogP contribution is 2.64. The Morgan fingerprint density at radius 3 is 2.06 bits per heavy atom. The first-order valence-corrected chi connectivity index (χ1v) is 19.3. The second-order valence-electron chi connectivity index (χ2n) is 19.5. The van der Waals surface area contributed by atoms with E-state index in [-0.39, 0.29) is 33.9 Å². The van der Waals surface area contributed by atoms with Crippen LogP contribution in [0.15, 0.2) is 72.4 Å². The van der Waals surface area contributed by atoms with Crippen molar-refractivity contribution in [1.82, 2.24) is 0 Å². The average molecular weight is 659 g/mol. The SMILES string of the molecule is Cc1cc2c3c(c1)N1c4c(cc(C(C)(C)C)cc4C4(C)CCCCC14C)B3C1=C(N2c2ccc(C(C)(C)C)cc2C)C(C)(C)c2ccccc21. The molecule has 0 N–H and O–H groups in total. The summed E-state index contributed by atoms with van der Waals surface area (Å²) in [5.41, 5.74) is 21.7. The molecule has 256 valence electrons. The fourth-order valence-corrected chi connectivity index (χ4v) is 11.1. The number of hydrogen-bond acceptors (Lipinski definition) is 2. The summed E-state index contributed by atoms with van der Waals surface area (Å²) >= 11 is 0. The van der Waals surface area contributed by atoms with Crippen LogP contribution >= 0.6 is 0 Å². The Hall–Kier alpha value is -3.72. The van der Waals surface area contributed by atoms with Crippen molar-refractivity contribution >= 4 is 45.9 Å². The summed E-state index contributed by atoms with van der Waals surface area (Å²) in [5.74, 6) is 0. The lowest BCUT2D eigenvalue weighted by Gasteiger charge is -2.53. The first-order chi connectivity index (χ1) is 23.4. The van der Waals surface area contributed by atoms with E-state index in [1.165, 1.54) is 104 Å². The largest absolute Gasteiger partial charge is 0.335 e. The van der Waals surface area contributed by atoms with Gasteiger partial charge >= 0.3 is 0 Å². The lowest BCUT2D eigenvalue weighted by atomic mass is 9.32. The van der Waals surface area contributed by atoms with Gasteiger partial charge in [0.15, 0.2) is 0 Å². The summed E-state index contributed by atoms with van der Waals surface area (Å²) in [6.45, 7) is 29.2. The van der Waals surface area contributed by atoms with Gasteiger partial charge in [0.05, 0.1) is 5.54 Å². The molecule has 5 aliphatic rings. The topological polar surface area (TPSA) is 6.48 Å². The van der Waals surface area contributed by atoms with Crippen molar-refractivity contribution in [2.24, 2.45) is 0 Å². The van der Waals surface area contributed by atoms with Crippen LogP contribution < -0.4 is 20.7 Å². The van der Waals surface area contributed by atoms with Crippen molar-refractivity contribution in [3.05, 3.63) is 111 Å². The zero-order valence-corrected chi connectivity index (χ0v) is 32.7. The molecule has 0 saturated heterocycles. The van der Waals surface area contributed by atoms with Crippen molar-refractivity contribution in [2.75, 3.05) is 9.80 Å². The van der Waals surface area contributed by atoms with Gasteiger partial charge in [0.25, 0.3) is 6.71 Å². The molecular weight excluding hydrogens is 603 g/mol. The summed E-state index contributed by atoms with van der Waals surface area (Å²) in [6, 6.07) is 27.0. The Morgan fingerprint density at radius 1 is 0.680 bits per heavy atom. The average Bonchev–Trinajstić information content (AvgIpc) is 3.40. The fourth-order valence-electron chi connectivity index (χ4n) is 11.1. The van der Waals surface area contributed by atoms with E-state index in [0.717, 1.165) is 0 Å². The Morgan fingerprint density at radius 2 is 1.36 bits per heavy atom. The summed E-state index contributed by atoms with van der Waals surface area (Å²) in [7, 11) is 0. The van der Waals surface area contributed by atoms with Gasteiger partial charge in [0.1, 0.15) is 0 Å². The molecule has 0 bridgehead atoms. The third kappa shape index (κ3) is 3.88. The van der Waals surface area contributed by atoms with E-state index in [1.54, 1.807) is 5.56 Å². The molecule has 3 aliphatic heterocycles. The molecule has 0 aromatic heterocycles. The van der Waals surface area contributed by atoms with Crippen LogP contribution in [0.2, 0.25) is 0 Å². The maximum atomic E-state index is 2.89. The van der Waals surface area contributed by atoms with Gasteiger partial charge in [-0.3, -0.25) is 0 Å². The van der Waals surface area contributed by atoms with Gasteiger partial charge in [-0.1, -0.05) is 124 Å². The number of allylic oxidation sites excluding steroid dienone is 1. The van der Waals surface area contributed by atoms with E-state index in [1.807, 2.05) is 0 Å². The van der Waals surface area contributed by atoms with Gasteiger partial charge in [-0.2, -0.15) is 0 Å². The van der Waals surface area contributed by atoms with Crippen LogP contribution in [0, 0.1) is 13.8 Å². The molecule has 4 aromatic carbocycles. The Labute approximate surface area is 302 Å². The molecule has 3 heterocycles. The van der Waals surface area contributed by atoms with Gasteiger partial charge in [-0.05, 0) is 118 Å². The van der Waals surface area contributed by atoms with Crippen LogP contribution in [-0.4, -0.2) is 12.3 Å². The summed E-state index contributed by atoms with van der Waals surface area (Å²) in [5, 5.41) is 0. The van der Waals surface area contributed by atoms with Crippen molar-refractivity contribution in [3.8, 4) is 0 Å². The minimum atomic E-state index is -0.170. The minimum absolute atomic E-state index is 0.0159. The molecule has 0 radical (unpaired) electrons. The number of rotatable bonds is 1. The third-order valence-electron chi connectivity index (χ3n) is 14.0. The van der Waals surface area contributed by atoms with Gasteiger partial charge in [0, 0.05) is 39.3 Å². The van der Waals surface area contributed by atoms with Crippen molar-refractivity contribution < 1.29 is 0 Å². The lowest BCUT2D eigenvalue weighted by molar-refractivity contribution is 0.195. The number of hydrogen-bond donors (Lipinski definition) is 0. The van der Waals surface area contributed by atoms with Gasteiger partial charge in [0.2, 0.25) is 0 Å². The first kappa shape index (κ1) is 32.2. The van der Waals surface area contributed by atoms with E-state index >= 15 is 0 Å². The zero-order chi connectivity index (χ0) is 35.5. The molecule has 3 heteroatoms. The van der Waals surface area contributed by atoms with Gasteiger partial charge in [-0.25, -0.2) is 0 Å². The summed E-state index contributed by atoms with van der Waals surface area (Å²) in [6.07, 6.45) is 5.06. The summed E-state index contributed by atoms with van der Waals surface area (Å²) in [4.78, 5) is 5.61. The van der Waals surface area contributed by atoms with Crippen molar-refractivity contribution in [2.45, 2.75) is 136 Å². The number of aryl methyl sites for hydroxylation is 2. The van der Waals surface area contributed by atoms with Crippen LogP contribution in [0.3, 0.4) is 0 Å². The predicted molar refractivity (Wildman–Crippen MR) is 216 cm³/mol. The quantitative estimate of drug-likeness (QED) is 0.188. The molecule has 2 unspecified atom stereocenters. The van der Waals surface area contributed by atoms with Gasteiger partial charge in [-0.15, -0.1) is 0 Å². The van der Waals surface area contributed by atoms with Crippen LogP contribution in [0.5, 0.6) is 0 Å². The monoisotopic (exact) mass is 658 g/mol. The fraction of sp³-hybridized carbons (Fsp3) is 0.447. The molecule has 2 atom stereocenters. The maximum absolute atomic E-state index is 2.89. The second-order valence-corrected chi connectivity index (χ2v) is 19.5. The number of nitrogens with zero attached hydrogens (tertiary/aromatic N) is 2. The predicted octanol–water partition coefficient (Wildman–Crippen LogP) is 11.0. The van der Waals surface area contributed by atoms with Crippen LogP contribution in [0.25, 0.3) is 5.47 Å². The normalized spacial score (nSPS) is 24.2. The third-order valence-corrected chi connectivity index (χ3v) is 14.0. The molecular formula is C47H55BN2. The first-order valence-electron chi connectivity index (χ1n) is 19.3. The van der Waals surface area contributed by atoms with E-state index < -0.39 is 0 Å². The Bertz CT molecular complexity index is 2190. The standard InChI is InChI=1S/C47H55BN2/c1-28-23-37-40-38(24-28)50-41-34(46(11)21-15-16-22-47(46,50)12)26-31(44(6,7)8)27-35(41)48(40)39-32-17-13-14-18-33(32)45(9,10)42(39)49(37)36-20-19-30(25-29(36)2)43(3,4)5/h13-14,17-20,23-27H,15-16,21-22H2,1-12H3. The minimum Gasteiger partial charge on any atom is -0.335 e. The maximum Gasteiger partial charge on any atom is 0.252 e. The molecule has 4 aromatic rings. The van der Waals surface area contributed by atoms with Crippen LogP contribution in [-0.2, 0) is 21.7 Å². The van der Waals surface area contributed by atoms with E-state index in [2.05, 4.69) is 160 Å². The van der Waals surface area contributed by atoms with Crippen molar-refractivity contribution in [1.29, 1.82) is 0 Å². The zero-order valence-electron chi connectivity index (χ0n) is 32.7. The smallest absolute Gasteiger partial charge is 0.252 e. The Balaban J connectivity index is 1.45. The molecule has 1 saturated carbocycles. The highest BCUT2D eigenvalue weighted by atomic mass is 15.3. The highest BCUT2D eigenvalue weighted by Gasteiger charge is 2.62. The molecule has 2 nitrogen and oxygen atoms in total. The van der Waals surface area contributed by atoms with Gasteiger partial charge < -0.3 is 9.80 Å². The number of fused-ring (bicyclic) bond motifs is 8. The molecule has 1 fully saturated rings. The van der Waals surface area contributed by atoms with Crippen LogP contribution in [0.1, 0.15) is 134 Å². The van der Waals surface area contributed by atoms with E-state index in [4.69, 9.17) is 0 Å². The number of anilines is 4. The van der Waals surface area contributed by atoms with E-state index in [9.17, 15) is 0 Å². The molecule has 2 aliphatic carbocycles. The lowest BCUT2D eigenvalue weighted by Crippen LogP contribution is -2.61. The van der Waals surface area contributed by atoms with E-state index in [0.29, 0.717) is 0 Å². The van der Waals surface area contributed by atoms with Crippen molar-refractivity contribution in [3.63, 3.8) is 0 Å². The molecule has 0 amide bonds. The molecule has 50 heavy (non-hydrogen) atoms. The molecule has 0 spiro atoms. The highest BCUT2D eigenvalue weighted by molar-refractivity contribution is 7.03. The Kier molecular flexibility index (Phi) is 6.30.